The Labute approximate surface area is 104 Å². The summed E-state index contributed by atoms with van der Waals surface area (Å²) in [5, 5.41) is 4.44. The first kappa shape index (κ1) is 13.5. The van der Waals surface area contributed by atoms with Crippen LogP contribution in [0.15, 0.2) is 18.2 Å². The number of benzene rings is 1. The van der Waals surface area contributed by atoms with Gasteiger partial charge in [-0.05, 0) is 43.0 Å². The van der Waals surface area contributed by atoms with Crippen LogP contribution in [0.5, 0.6) is 0 Å². The predicted molar refractivity (Wildman–Crippen MR) is 72.1 cm³/mol. The average Bonchev–Trinajstić information content (AvgIpc) is 2.23. The van der Waals surface area contributed by atoms with E-state index in [2.05, 4.69) is 45.1 Å². The molecule has 0 amide bonds. The van der Waals surface area contributed by atoms with E-state index in [0.717, 1.165) is 23.6 Å². The molecule has 0 saturated carbocycles. The van der Waals surface area contributed by atoms with E-state index < -0.39 is 0 Å². The van der Waals surface area contributed by atoms with E-state index in [9.17, 15) is 0 Å². The molecule has 1 atom stereocenters. The van der Waals surface area contributed by atoms with Gasteiger partial charge in [0.15, 0.2) is 0 Å². The van der Waals surface area contributed by atoms with E-state index in [1.807, 2.05) is 6.07 Å². The first-order valence-electron chi connectivity index (χ1n) is 6.05. The normalized spacial score (nSPS) is 13.1. The smallest absolute Gasteiger partial charge is 0.0435 e. The van der Waals surface area contributed by atoms with Crippen molar-refractivity contribution in [3.63, 3.8) is 0 Å². The zero-order valence-corrected chi connectivity index (χ0v) is 11.4. The highest BCUT2D eigenvalue weighted by Gasteiger charge is 2.15. The molecule has 1 nitrogen and oxygen atoms in total. The van der Waals surface area contributed by atoms with Gasteiger partial charge in [0, 0.05) is 11.1 Å². The number of aryl methyl sites for hydroxylation is 1. The third-order valence-electron chi connectivity index (χ3n) is 2.82. The van der Waals surface area contributed by atoms with Crippen molar-refractivity contribution < 1.29 is 0 Å². The number of hydrogen-bond acceptors (Lipinski definition) is 1. The van der Waals surface area contributed by atoms with Crippen molar-refractivity contribution in [2.45, 2.75) is 40.2 Å². The quantitative estimate of drug-likeness (QED) is 0.806. The average molecular weight is 240 g/mol. The summed E-state index contributed by atoms with van der Waals surface area (Å²) in [4.78, 5) is 0. The molecule has 0 aliphatic carbocycles. The molecule has 0 fully saturated rings. The number of halogens is 1. The van der Waals surface area contributed by atoms with Crippen LogP contribution < -0.4 is 5.32 Å². The highest BCUT2D eigenvalue weighted by Crippen LogP contribution is 2.25. The molecule has 1 N–H and O–H groups in total. The molecular weight excluding hydrogens is 218 g/mol. The van der Waals surface area contributed by atoms with Crippen LogP contribution in [0.25, 0.3) is 0 Å². The minimum atomic E-state index is 0.427. The third kappa shape index (κ3) is 3.50. The molecule has 90 valence electrons. The second-order valence-corrected chi connectivity index (χ2v) is 5.09. The summed E-state index contributed by atoms with van der Waals surface area (Å²) in [6, 6.07) is 6.74. The Morgan fingerprint density at radius 1 is 1.31 bits per heavy atom. The van der Waals surface area contributed by atoms with Crippen LogP contribution in [0.1, 0.15) is 44.4 Å². The highest BCUT2D eigenvalue weighted by molar-refractivity contribution is 6.31. The predicted octanol–water partition coefficient (Wildman–Crippen LogP) is 4.35. The fraction of sp³-hybridized carbons (Fsp3) is 0.571. The molecule has 0 heterocycles. The van der Waals surface area contributed by atoms with Gasteiger partial charge < -0.3 is 5.32 Å². The van der Waals surface area contributed by atoms with Crippen molar-refractivity contribution in [1.29, 1.82) is 0 Å². The molecule has 0 spiro atoms. The maximum Gasteiger partial charge on any atom is 0.0435 e. The van der Waals surface area contributed by atoms with E-state index in [4.69, 9.17) is 11.6 Å². The fourth-order valence-electron chi connectivity index (χ4n) is 1.90. The molecule has 0 radical (unpaired) electrons. The molecule has 0 aromatic heterocycles. The molecule has 16 heavy (non-hydrogen) atoms. The Bertz CT molecular complexity index is 334. The van der Waals surface area contributed by atoms with Gasteiger partial charge >= 0.3 is 0 Å². The van der Waals surface area contributed by atoms with Gasteiger partial charge in [-0.1, -0.05) is 44.5 Å². The molecule has 1 aromatic rings. The van der Waals surface area contributed by atoms with Crippen LogP contribution in [0.2, 0.25) is 5.02 Å². The van der Waals surface area contributed by atoms with Crippen molar-refractivity contribution in [2.24, 2.45) is 5.92 Å². The van der Waals surface area contributed by atoms with E-state index in [0.29, 0.717) is 12.0 Å². The standard InChI is InChI=1S/C14H22ClN/c1-5-8-16-14(10(2)3)12-6-7-13(15)11(4)9-12/h6-7,9-10,14,16H,5,8H2,1-4H3. The topological polar surface area (TPSA) is 12.0 Å². The first-order chi connectivity index (χ1) is 7.56. The van der Waals surface area contributed by atoms with Gasteiger partial charge in [0.2, 0.25) is 0 Å². The summed E-state index contributed by atoms with van der Waals surface area (Å²) >= 11 is 6.05. The van der Waals surface area contributed by atoms with E-state index >= 15 is 0 Å². The highest BCUT2D eigenvalue weighted by atomic mass is 35.5. The van der Waals surface area contributed by atoms with Gasteiger partial charge in [-0.2, -0.15) is 0 Å². The molecule has 0 saturated heterocycles. The van der Waals surface area contributed by atoms with Crippen LogP contribution in [0.4, 0.5) is 0 Å². The van der Waals surface area contributed by atoms with Gasteiger partial charge in [-0.15, -0.1) is 0 Å². The largest absolute Gasteiger partial charge is 0.310 e. The maximum absolute atomic E-state index is 6.05. The number of nitrogens with one attached hydrogen (secondary N) is 1. The van der Waals surface area contributed by atoms with E-state index in [1.165, 1.54) is 5.56 Å². The van der Waals surface area contributed by atoms with Crippen LogP contribution in [0, 0.1) is 12.8 Å². The van der Waals surface area contributed by atoms with Crippen molar-refractivity contribution >= 4 is 11.6 Å². The summed E-state index contributed by atoms with van der Waals surface area (Å²) in [6.45, 7) is 9.81. The molecule has 0 aliphatic rings. The molecule has 2 heteroatoms. The molecule has 1 rings (SSSR count). The summed E-state index contributed by atoms with van der Waals surface area (Å²) in [6.07, 6.45) is 1.16. The lowest BCUT2D eigenvalue weighted by molar-refractivity contribution is 0.412. The van der Waals surface area contributed by atoms with Crippen molar-refractivity contribution in [1.82, 2.24) is 5.32 Å². The third-order valence-corrected chi connectivity index (χ3v) is 3.25. The zero-order valence-electron chi connectivity index (χ0n) is 10.7. The van der Waals surface area contributed by atoms with Crippen molar-refractivity contribution in [3.8, 4) is 0 Å². The summed E-state index contributed by atoms with van der Waals surface area (Å²) in [5.41, 5.74) is 2.49. The van der Waals surface area contributed by atoms with Gasteiger partial charge in [-0.3, -0.25) is 0 Å². The van der Waals surface area contributed by atoms with Crippen LogP contribution in [-0.2, 0) is 0 Å². The SMILES string of the molecule is CCCNC(c1ccc(Cl)c(C)c1)C(C)C. The van der Waals surface area contributed by atoms with E-state index in [-0.39, 0.29) is 0 Å². The Kier molecular flexibility index (Phi) is 5.30. The minimum Gasteiger partial charge on any atom is -0.310 e. The second-order valence-electron chi connectivity index (χ2n) is 4.68. The Balaban J connectivity index is 2.88. The number of hydrogen-bond donors (Lipinski definition) is 1. The first-order valence-corrected chi connectivity index (χ1v) is 6.43. The van der Waals surface area contributed by atoms with Gasteiger partial charge in [0.05, 0.1) is 0 Å². The lowest BCUT2D eigenvalue weighted by Crippen LogP contribution is -2.26. The molecule has 1 aromatic carbocycles. The number of rotatable bonds is 5. The Morgan fingerprint density at radius 3 is 2.50 bits per heavy atom. The molecule has 0 aliphatic heterocycles. The Hall–Kier alpha value is -0.530. The second kappa shape index (κ2) is 6.27. The summed E-state index contributed by atoms with van der Waals surface area (Å²) in [5.74, 6) is 0.590. The van der Waals surface area contributed by atoms with Crippen LogP contribution in [-0.4, -0.2) is 6.54 Å². The van der Waals surface area contributed by atoms with Gasteiger partial charge in [0.1, 0.15) is 0 Å². The van der Waals surface area contributed by atoms with E-state index in [1.54, 1.807) is 0 Å². The molecule has 1 unspecified atom stereocenters. The lowest BCUT2D eigenvalue weighted by atomic mass is 9.95. The Morgan fingerprint density at radius 2 is 2.00 bits per heavy atom. The van der Waals surface area contributed by atoms with Crippen molar-refractivity contribution in [3.05, 3.63) is 34.3 Å². The van der Waals surface area contributed by atoms with Crippen LogP contribution >= 0.6 is 11.6 Å². The summed E-state index contributed by atoms with van der Waals surface area (Å²) < 4.78 is 0. The van der Waals surface area contributed by atoms with Gasteiger partial charge in [0.25, 0.3) is 0 Å². The maximum atomic E-state index is 6.05. The molecular formula is C14H22ClN. The summed E-state index contributed by atoms with van der Waals surface area (Å²) in [7, 11) is 0. The lowest BCUT2D eigenvalue weighted by Gasteiger charge is -2.23. The minimum absolute atomic E-state index is 0.427. The zero-order chi connectivity index (χ0) is 12.1. The molecule has 0 bridgehead atoms. The van der Waals surface area contributed by atoms with Gasteiger partial charge in [-0.25, -0.2) is 0 Å². The monoisotopic (exact) mass is 239 g/mol. The fourth-order valence-corrected chi connectivity index (χ4v) is 2.02. The van der Waals surface area contributed by atoms with Crippen LogP contribution in [0.3, 0.4) is 0 Å². The van der Waals surface area contributed by atoms with Crippen molar-refractivity contribution in [2.75, 3.05) is 6.54 Å².